The molecule has 2 aromatic rings. The van der Waals surface area contributed by atoms with E-state index in [1.165, 1.54) is 0 Å². The molecule has 4 rings (SSSR count). The number of pyridine rings is 1. The summed E-state index contributed by atoms with van der Waals surface area (Å²) in [7, 11) is 0. The van der Waals surface area contributed by atoms with Crippen LogP contribution in [-0.4, -0.2) is 48.1 Å². The molecule has 1 amide bonds. The molecule has 6 heteroatoms. The van der Waals surface area contributed by atoms with Gasteiger partial charge in [-0.1, -0.05) is 0 Å². The van der Waals surface area contributed by atoms with Crippen molar-refractivity contribution < 1.29 is 13.9 Å². The number of furan rings is 1. The Hall–Kier alpha value is -2.18. The average Bonchev–Trinajstić information content (AvgIpc) is 3.32. The maximum atomic E-state index is 12.2. The molecule has 0 unspecified atom stereocenters. The summed E-state index contributed by atoms with van der Waals surface area (Å²) in [6, 6.07) is 7.46. The Kier molecular flexibility index (Phi) is 4.32. The minimum Gasteiger partial charge on any atom is -0.468 e. The van der Waals surface area contributed by atoms with E-state index in [1.54, 1.807) is 30.8 Å². The third kappa shape index (κ3) is 3.20. The fourth-order valence-corrected chi connectivity index (χ4v) is 3.67. The van der Waals surface area contributed by atoms with E-state index in [9.17, 15) is 4.79 Å². The van der Waals surface area contributed by atoms with Crippen molar-refractivity contribution in [3.8, 4) is 0 Å². The molecule has 0 aliphatic carbocycles. The molecule has 3 atom stereocenters. The van der Waals surface area contributed by atoms with E-state index < -0.39 is 0 Å². The van der Waals surface area contributed by atoms with Gasteiger partial charge in [0.25, 0.3) is 5.91 Å². The number of carbonyl (C=O) groups excluding carboxylic acids is 1. The van der Waals surface area contributed by atoms with Gasteiger partial charge in [0.2, 0.25) is 0 Å². The fraction of sp³-hybridized carbons (Fsp3) is 0.444. The van der Waals surface area contributed by atoms with Crippen LogP contribution in [0.2, 0.25) is 0 Å². The molecular formula is C18H21N3O3. The summed E-state index contributed by atoms with van der Waals surface area (Å²) in [5, 5.41) is 3.02. The first-order valence-corrected chi connectivity index (χ1v) is 8.34. The van der Waals surface area contributed by atoms with Crippen LogP contribution in [0.3, 0.4) is 0 Å². The molecule has 2 aliphatic rings. The minimum absolute atomic E-state index is 0.0722. The summed E-state index contributed by atoms with van der Waals surface area (Å²) in [4.78, 5) is 18.5. The lowest BCUT2D eigenvalue weighted by Gasteiger charge is -2.19. The van der Waals surface area contributed by atoms with Gasteiger partial charge < -0.3 is 14.5 Å². The number of nitrogens with one attached hydrogen (secondary N) is 1. The molecule has 2 saturated heterocycles. The molecule has 1 N–H and O–H groups in total. The van der Waals surface area contributed by atoms with Crippen molar-refractivity contribution in [3.63, 3.8) is 0 Å². The van der Waals surface area contributed by atoms with Gasteiger partial charge in [0.05, 0.1) is 31.1 Å². The van der Waals surface area contributed by atoms with Gasteiger partial charge in [-0.3, -0.25) is 14.7 Å². The van der Waals surface area contributed by atoms with Crippen molar-refractivity contribution in [2.75, 3.05) is 26.2 Å². The highest BCUT2D eigenvalue weighted by molar-refractivity contribution is 5.93. The van der Waals surface area contributed by atoms with Gasteiger partial charge in [0.1, 0.15) is 5.76 Å². The first-order chi connectivity index (χ1) is 11.8. The Bertz CT molecular complexity index is 674. The number of hydrogen-bond acceptors (Lipinski definition) is 5. The van der Waals surface area contributed by atoms with E-state index in [-0.39, 0.29) is 12.0 Å². The van der Waals surface area contributed by atoms with E-state index in [0.717, 1.165) is 32.0 Å². The van der Waals surface area contributed by atoms with Crippen molar-refractivity contribution >= 4 is 5.91 Å². The van der Waals surface area contributed by atoms with Gasteiger partial charge in [0.15, 0.2) is 0 Å². The van der Waals surface area contributed by atoms with E-state index in [1.807, 2.05) is 12.1 Å². The van der Waals surface area contributed by atoms with Crippen molar-refractivity contribution in [2.45, 2.75) is 12.6 Å². The molecule has 4 heterocycles. The zero-order valence-corrected chi connectivity index (χ0v) is 13.4. The van der Waals surface area contributed by atoms with Crippen molar-refractivity contribution in [1.82, 2.24) is 15.2 Å². The standard InChI is InChI=1S/C18H21N3O3/c22-18(13-3-1-5-19-7-13)20-8-14-12-24-17-11-21(10-16(14)17)9-15-4-2-6-23-15/h1-7,14,16-17H,8-12H2,(H,20,22)/t14-,16+,17+/m0/s1. The molecule has 0 bridgehead atoms. The molecule has 2 fully saturated rings. The van der Waals surface area contributed by atoms with Gasteiger partial charge >= 0.3 is 0 Å². The van der Waals surface area contributed by atoms with Crippen LogP contribution in [-0.2, 0) is 11.3 Å². The molecule has 0 spiro atoms. The second-order valence-corrected chi connectivity index (χ2v) is 6.52. The molecule has 6 nitrogen and oxygen atoms in total. The number of hydrogen-bond donors (Lipinski definition) is 1. The molecule has 24 heavy (non-hydrogen) atoms. The predicted molar refractivity (Wildman–Crippen MR) is 87.3 cm³/mol. The van der Waals surface area contributed by atoms with Crippen LogP contribution >= 0.6 is 0 Å². The van der Waals surface area contributed by atoms with Crippen LogP contribution in [0.25, 0.3) is 0 Å². The van der Waals surface area contributed by atoms with Crippen molar-refractivity contribution in [1.29, 1.82) is 0 Å². The zero-order valence-electron chi connectivity index (χ0n) is 13.4. The Labute approximate surface area is 140 Å². The molecule has 126 valence electrons. The summed E-state index contributed by atoms with van der Waals surface area (Å²) in [5.74, 6) is 1.74. The van der Waals surface area contributed by atoms with E-state index in [4.69, 9.17) is 9.15 Å². The first-order valence-electron chi connectivity index (χ1n) is 8.34. The van der Waals surface area contributed by atoms with Crippen LogP contribution in [0.5, 0.6) is 0 Å². The number of fused-ring (bicyclic) bond motifs is 1. The third-order valence-corrected chi connectivity index (χ3v) is 4.92. The number of likely N-dealkylation sites (tertiary alicyclic amines) is 1. The smallest absolute Gasteiger partial charge is 0.252 e. The third-order valence-electron chi connectivity index (χ3n) is 4.92. The normalized spacial score (nSPS) is 26.4. The van der Waals surface area contributed by atoms with Gasteiger partial charge in [-0.25, -0.2) is 0 Å². The SMILES string of the molecule is O=C(NC[C@H]1CO[C@@H]2CN(Cc3ccco3)C[C@H]12)c1cccnc1. The Morgan fingerprint density at radius 1 is 1.33 bits per heavy atom. The maximum Gasteiger partial charge on any atom is 0.252 e. The number of nitrogens with zero attached hydrogens (tertiary/aromatic N) is 2. The summed E-state index contributed by atoms with van der Waals surface area (Å²) in [6.07, 6.45) is 5.22. The van der Waals surface area contributed by atoms with Crippen LogP contribution in [0.4, 0.5) is 0 Å². The minimum atomic E-state index is -0.0722. The van der Waals surface area contributed by atoms with Crippen molar-refractivity contribution in [3.05, 3.63) is 54.2 Å². The fourth-order valence-electron chi connectivity index (χ4n) is 3.67. The highest BCUT2D eigenvalue weighted by atomic mass is 16.5. The van der Waals surface area contributed by atoms with E-state index in [2.05, 4.69) is 15.2 Å². The highest BCUT2D eigenvalue weighted by Crippen LogP contribution is 2.34. The van der Waals surface area contributed by atoms with Crippen LogP contribution in [0.1, 0.15) is 16.1 Å². The summed E-state index contributed by atoms with van der Waals surface area (Å²) in [6.45, 7) is 4.09. The Morgan fingerprint density at radius 2 is 2.29 bits per heavy atom. The first kappa shape index (κ1) is 15.4. The monoisotopic (exact) mass is 327 g/mol. The summed E-state index contributed by atoms with van der Waals surface area (Å²) < 4.78 is 11.4. The Morgan fingerprint density at radius 3 is 3.08 bits per heavy atom. The highest BCUT2D eigenvalue weighted by Gasteiger charge is 2.43. The van der Waals surface area contributed by atoms with Crippen molar-refractivity contribution in [2.24, 2.45) is 11.8 Å². The molecule has 0 aromatic carbocycles. The largest absolute Gasteiger partial charge is 0.468 e. The quantitative estimate of drug-likeness (QED) is 0.902. The van der Waals surface area contributed by atoms with Gasteiger partial charge in [-0.15, -0.1) is 0 Å². The topological polar surface area (TPSA) is 67.6 Å². The summed E-state index contributed by atoms with van der Waals surface area (Å²) >= 11 is 0. The number of aromatic nitrogens is 1. The molecule has 0 radical (unpaired) electrons. The molecule has 0 saturated carbocycles. The van der Waals surface area contributed by atoms with E-state index >= 15 is 0 Å². The molecule has 2 aromatic heterocycles. The van der Waals surface area contributed by atoms with Crippen LogP contribution in [0.15, 0.2) is 47.3 Å². The van der Waals surface area contributed by atoms with E-state index in [0.29, 0.717) is 23.9 Å². The maximum absolute atomic E-state index is 12.2. The zero-order chi connectivity index (χ0) is 16.4. The number of rotatable bonds is 5. The second-order valence-electron chi connectivity index (χ2n) is 6.52. The van der Waals surface area contributed by atoms with Gasteiger partial charge in [0, 0.05) is 43.9 Å². The average molecular weight is 327 g/mol. The number of ether oxygens (including phenoxy) is 1. The number of amides is 1. The number of carbonyl (C=O) groups is 1. The molecule has 2 aliphatic heterocycles. The van der Waals surface area contributed by atoms with Gasteiger partial charge in [-0.05, 0) is 24.3 Å². The lowest BCUT2D eigenvalue weighted by molar-refractivity contribution is 0.0897. The Balaban J connectivity index is 1.30. The lowest BCUT2D eigenvalue weighted by Crippen LogP contribution is -2.34. The lowest BCUT2D eigenvalue weighted by atomic mass is 9.93. The molecular weight excluding hydrogens is 306 g/mol. The second kappa shape index (κ2) is 6.75. The van der Waals surface area contributed by atoms with Gasteiger partial charge in [-0.2, -0.15) is 0 Å². The van der Waals surface area contributed by atoms with Crippen LogP contribution in [0, 0.1) is 11.8 Å². The van der Waals surface area contributed by atoms with Crippen LogP contribution < -0.4 is 5.32 Å². The summed E-state index contributed by atoms with van der Waals surface area (Å²) in [5.41, 5.74) is 0.596. The predicted octanol–water partition coefficient (Wildman–Crippen LogP) is 1.55.